The van der Waals surface area contributed by atoms with Gasteiger partial charge in [0.15, 0.2) is 0 Å². The molecule has 40 heavy (non-hydrogen) atoms. The van der Waals surface area contributed by atoms with Crippen LogP contribution in [0, 0.1) is 5.82 Å². The van der Waals surface area contributed by atoms with Crippen molar-refractivity contribution in [3.8, 4) is 0 Å². The number of fused-ring (bicyclic) bond motifs is 1. The Kier molecular flexibility index (Phi) is 8.38. The summed E-state index contributed by atoms with van der Waals surface area (Å²) in [6, 6.07) is 13.3. The number of carbonyl (C=O) groups excluding carboxylic acids is 1. The lowest BCUT2D eigenvalue weighted by atomic mass is 9.78. The van der Waals surface area contributed by atoms with Crippen LogP contribution in [0.3, 0.4) is 0 Å². The molecule has 1 saturated heterocycles. The van der Waals surface area contributed by atoms with E-state index in [1.807, 2.05) is 54.8 Å². The second-order valence-electron chi connectivity index (χ2n) is 10.4. The quantitative estimate of drug-likeness (QED) is 0.218. The molecule has 2 aromatic heterocycles. The minimum atomic E-state index is -0.818. The number of thiophene rings is 1. The van der Waals surface area contributed by atoms with Gasteiger partial charge in [0.1, 0.15) is 16.6 Å². The molecule has 206 valence electrons. The minimum Gasteiger partial charge on any atom is -0.339 e. The van der Waals surface area contributed by atoms with Crippen LogP contribution >= 0.6 is 23.1 Å². The smallest absolute Gasteiger partial charge is 0.238 e. The Balaban J connectivity index is 0.00000387. The number of carbonyl (C=O) groups is 1. The molecule has 1 amide bonds. The number of nitrogens with one attached hydrogen (secondary N) is 1. The number of nitrogens with zero attached hydrogens (tertiary/aromatic N) is 1. The normalized spacial score (nSPS) is 23.1. The first-order valence-electron chi connectivity index (χ1n) is 13.4. The minimum absolute atomic E-state index is 0. The Morgan fingerprint density at radius 1 is 1.27 bits per heavy atom. The largest absolute Gasteiger partial charge is 0.339 e. The fraction of sp³-hybridized carbons (Fsp3) is 0.235. The summed E-state index contributed by atoms with van der Waals surface area (Å²) in [6.45, 7) is 14.1. The van der Waals surface area contributed by atoms with E-state index in [4.69, 9.17) is 4.98 Å². The van der Waals surface area contributed by atoms with Gasteiger partial charge >= 0.3 is 0 Å². The zero-order valence-corrected chi connectivity index (χ0v) is 24.3. The lowest BCUT2D eigenvalue weighted by Crippen LogP contribution is -2.55. The zero-order valence-electron chi connectivity index (χ0n) is 22.7. The van der Waals surface area contributed by atoms with E-state index < -0.39 is 10.8 Å². The number of amides is 1. The van der Waals surface area contributed by atoms with Crippen molar-refractivity contribution in [1.29, 1.82) is 0 Å². The predicted molar refractivity (Wildman–Crippen MR) is 169 cm³/mol. The van der Waals surface area contributed by atoms with Gasteiger partial charge < -0.3 is 5.32 Å². The van der Waals surface area contributed by atoms with Crippen molar-refractivity contribution in [2.45, 2.75) is 49.3 Å². The predicted octanol–water partition coefficient (Wildman–Crippen LogP) is 8.73. The molecule has 3 heterocycles. The average molecular weight is 571 g/mol. The maximum absolute atomic E-state index is 14.4. The van der Waals surface area contributed by atoms with Gasteiger partial charge in [-0.25, -0.2) is 4.39 Å². The molecule has 2 aliphatic rings. The summed E-state index contributed by atoms with van der Waals surface area (Å²) in [5.41, 5.74) is 5.34. The van der Waals surface area contributed by atoms with E-state index in [1.54, 1.807) is 29.5 Å². The molecule has 0 spiro atoms. The lowest BCUT2D eigenvalue weighted by Gasteiger charge is -2.41. The Hall–Kier alpha value is -3.48. The number of halogens is 1. The van der Waals surface area contributed by atoms with E-state index >= 15 is 0 Å². The van der Waals surface area contributed by atoms with E-state index in [-0.39, 0.29) is 19.1 Å². The molecule has 3 atom stereocenters. The molecule has 1 N–H and O–H groups in total. The summed E-state index contributed by atoms with van der Waals surface area (Å²) >= 11 is 3.04. The van der Waals surface area contributed by atoms with Gasteiger partial charge in [0.05, 0.1) is 11.4 Å². The van der Waals surface area contributed by atoms with E-state index in [0.29, 0.717) is 6.42 Å². The Morgan fingerprint density at radius 2 is 2.10 bits per heavy atom. The first-order valence-corrected chi connectivity index (χ1v) is 15.3. The molecule has 1 fully saturated rings. The van der Waals surface area contributed by atoms with Crippen LogP contribution in [0.15, 0.2) is 107 Å². The van der Waals surface area contributed by atoms with Gasteiger partial charge in [-0.05, 0) is 95.6 Å². The van der Waals surface area contributed by atoms with Crippen molar-refractivity contribution in [1.82, 2.24) is 10.3 Å². The number of rotatable bonds is 8. The Labute approximate surface area is 245 Å². The van der Waals surface area contributed by atoms with Crippen LogP contribution < -0.4 is 5.32 Å². The first kappa shape index (κ1) is 28.1. The van der Waals surface area contributed by atoms with Crippen LogP contribution in [0.2, 0.25) is 0 Å². The van der Waals surface area contributed by atoms with E-state index in [1.165, 1.54) is 11.8 Å². The highest BCUT2D eigenvalue weighted by Gasteiger charge is 2.46. The topological polar surface area (TPSA) is 42.0 Å². The number of piperidine rings is 1. The van der Waals surface area contributed by atoms with Gasteiger partial charge in [-0.1, -0.05) is 55.7 Å². The molecular weight excluding hydrogens is 536 g/mol. The number of allylic oxidation sites excluding steroid dienone is 4. The van der Waals surface area contributed by atoms with Gasteiger partial charge in [0.25, 0.3) is 0 Å². The fourth-order valence-corrected chi connectivity index (χ4v) is 7.39. The van der Waals surface area contributed by atoms with Crippen LogP contribution in [0.5, 0.6) is 0 Å². The Bertz CT molecular complexity index is 1510. The van der Waals surface area contributed by atoms with E-state index in [0.717, 1.165) is 63.4 Å². The van der Waals surface area contributed by atoms with Crippen LogP contribution in [-0.4, -0.2) is 16.1 Å². The monoisotopic (exact) mass is 570 g/mol. The molecule has 0 bridgehead atoms. The average Bonchev–Trinajstić information content (AvgIpc) is 3.49. The highest BCUT2D eigenvalue weighted by atomic mass is 32.2. The summed E-state index contributed by atoms with van der Waals surface area (Å²) < 4.78 is 14.4. The molecule has 3 unspecified atom stereocenters. The summed E-state index contributed by atoms with van der Waals surface area (Å²) in [5, 5.41) is 6.98. The second kappa shape index (κ2) is 11.9. The molecule has 1 aliphatic heterocycles. The highest BCUT2D eigenvalue weighted by Crippen LogP contribution is 2.44. The van der Waals surface area contributed by atoms with Gasteiger partial charge in [0.2, 0.25) is 5.91 Å². The van der Waals surface area contributed by atoms with Crippen LogP contribution in [0.1, 0.15) is 61.6 Å². The SMILES string of the molecule is C=C/C=C(/SC1C(=C)CC(c2ccsc2)(c2cccc(/C=C\C3CCCc4c(F)cccc43)n2)NC1=O)C(=C)C.[HH]. The number of pyridine rings is 1. The third kappa shape index (κ3) is 5.56. The third-order valence-electron chi connectivity index (χ3n) is 7.59. The number of hydrogen-bond donors (Lipinski definition) is 1. The number of thioether (sulfide) groups is 1. The van der Waals surface area contributed by atoms with Gasteiger partial charge in [-0.2, -0.15) is 11.3 Å². The zero-order chi connectivity index (χ0) is 28.3. The van der Waals surface area contributed by atoms with E-state index in [9.17, 15) is 9.18 Å². The van der Waals surface area contributed by atoms with Crippen molar-refractivity contribution in [3.05, 3.63) is 141 Å². The van der Waals surface area contributed by atoms with Crippen molar-refractivity contribution >= 4 is 35.1 Å². The summed E-state index contributed by atoms with van der Waals surface area (Å²) in [7, 11) is 0. The molecular formula is C34H35FN2OS2. The summed E-state index contributed by atoms with van der Waals surface area (Å²) in [4.78, 5) is 19.6. The standard InChI is InChI=1S/C34H33FN2OS2.H2/c1-5-9-30(22(2)3)40-32-23(4)20-34(37-33(32)38,25-18-19-39-21-25)31-15-7-11-26(36-31)17-16-24-10-6-13-28-27(24)12-8-14-29(28)35;/h5,7-9,11-12,14-19,21,24,32H,1-2,4,6,10,13,20H2,3H3,(H,37,38);1H/b17-16-,30-9+;. The van der Waals surface area contributed by atoms with E-state index in [2.05, 4.69) is 36.5 Å². The Morgan fingerprint density at radius 3 is 2.83 bits per heavy atom. The molecule has 0 radical (unpaired) electrons. The van der Waals surface area contributed by atoms with Crippen molar-refractivity contribution < 1.29 is 10.6 Å². The summed E-state index contributed by atoms with van der Waals surface area (Å²) in [5.74, 6) is -0.0745. The van der Waals surface area contributed by atoms with Gasteiger partial charge in [-0.3, -0.25) is 9.78 Å². The summed E-state index contributed by atoms with van der Waals surface area (Å²) in [6.07, 6.45) is 11.0. The van der Waals surface area contributed by atoms with Crippen LogP contribution in [0.25, 0.3) is 6.08 Å². The number of benzene rings is 1. The molecule has 3 aromatic rings. The fourth-order valence-electron chi connectivity index (χ4n) is 5.61. The molecule has 6 heteroatoms. The molecule has 3 nitrogen and oxygen atoms in total. The maximum atomic E-state index is 14.4. The number of aromatic nitrogens is 1. The second-order valence-corrected chi connectivity index (χ2v) is 12.3. The van der Waals surface area contributed by atoms with Gasteiger partial charge in [-0.15, -0.1) is 11.8 Å². The lowest BCUT2D eigenvalue weighted by molar-refractivity contribution is -0.122. The third-order valence-corrected chi connectivity index (χ3v) is 9.79. The van der Waals surface area contributed by atoms with Gasteiger partial charge in [0, 0.05) is 18.7 Å². The molecule has 0 saturated carbocycles. The maximum Gasteiger partial charge on any atom is 0.238 e. The van der Waals surface area contributed by atoms with Crippen molar-refractivity contribution in [3.63, 3.8) is 0 Å². The first-order chi connectivity index (χ1) is 19.3. The van der Waals surface area contributed by atoms with Crippen molar-refractivity contribution in [2.75, 3.05) is 0 Å². The highest BCUT2D eigenvalue weighted by molar-refractivity contribution is 8.04. The van der Waals surface area contributed by atoms with Crippen LogP contribution in [0.4, 0.5) is 4.39 Å². The number of hydrogen-bond acceptors (Lipinski definition) is 4. The molecule has 1 aromatic carbocycles. The van der Waals surface area contributed by atoms with Crippen molar-refractivity contribution in [2.24, 2.45) is 0 Å². The molecule has 1 aliphatic carbocycles. The molecule has 5 rings (SSSR count). The van der Waals surface area contributed by atoms with Crippen LogP contribution in [-0.2, 0) is 16.8 Å².